The highest BCUT2D eigenvalue weighted by molar-refractivity contribution is 9.10. The van der Waals surface area contributed by atoms with Crippen LogP contribution >= 0.6 is 15.9 Å². The van der Waals surface area contributed by atoms with Crippen molar-refractivity contribution in [3.63, 3.8) is 0 Å². The van der Waals surface area contributed by atoms with E-state index in [9.17, 15) is 4.79 Å². The van der Waals surface area contributed by atoms with Gasteiger partial charge in [0.15, 0.2) is 5.65 Å². The number of halogens is 1. The Morgan fingerprint density at radius 1 is 1.26 bits per heavy atom. The van der Waals surface area contributed by atoms with Crippen molar-refractivity contribution in [3.8, 4) is 17.2 Å². The molecule has 2 aromatic heterocycles. The lowest BCUT2D eigenvalue weighted by molar-refractivity contribution is 1.02. The van der Waals surface area contributed by atoms with E-state index in [0.29, 0.717) is 11.2 Å². The van der Waals surface area contributed by atoms with Gasteiger partial charge in [0.05, 0.1) is 16.1 Å². The van der Waals surface area contributed by atoms with Crippen molar-refractivity contribution in [2.75, 3.05) is 0 Å². The smallest absolute Gasteiger partial charge is 0.249 e. The second-order valence-corrected chi connectivity index (χ2v) is 4.75. The number of pyridine rings is 1. The fourth-order valence-corrected chi connectivity index (χ4v) is 2.53. The van der Waals surface area contributed by atoms with Crippen LogP contribution in [0.25, 0.3) is 16.8 Å². The second-order valence-electron chi connectivity index (χ2n) is 3.95. The fourth-order valence-electron chi connectivity index (χ4n) is 1.89. The molecule has 0 bridgehead atoms. The van der Waals surface area contributed by atoms with Crippen LogP contribution in [0, 0.1) is 11.3 Å². The third kappa shape index (κ3) is 1.84. The molecule has 0 atom stereocenters. The van der Waals surface area contributed by atoms with Gasteiger partial charge in [-0.3, -0.25) is 0 Å². The van der Waals surface area contributed by atoms with Gasteiger partial charge in [-0.1, -0.05) is 12.1 Å². The lowest BCUT2D eigenvalue weighted by Gasteiger charge is -2.05. The fraction of sp³-hybridized carbons (Fsp3) is 0. The summed E-state index contributed by atoms with van der Waals surface area (Å²) in [6, 6.07) is 11.1. The number of nitriles is 1. The zero-order chi connectivity index (χ0) is 13.4. The van der Waals surface area contributed by atoms with E-state index in [1.54, 1.807) is 18.3 Å². The Kier molecular flexibility index (Phi) is 2.69. The first-order valence-corrected chi connectivity index (χ1v) is 6.26. The summed E-state index contributed by atoms with van der Waals surface area (Å²) in [5.74, 6) is 0. The first-order valence-electron chi connectivity index (χ1n) is 5.46. The van der Waals surface area contributed by atoms with Gasteiger partial charge in [0, 0.05) is 11.8 Å². The van der Waals surface area contributed by atoms with Crippen LogP contribution in [-0.2, 0) is 0 Å². The average molecular weight is 315 g/mol. The largest absolute Gasteiger partial charge is 0.347 e. The Morgan fingerprint density at radius 2 is 2.00 bits per heavy atom. The first-order chi connectivity index (χ1) is 9.20. The molecule has 0 aliphatic carbocycles. The predicted molar refractivity (Wildman–Crippen MR) is 73.7 cm³/mol. The van der Waals surface area contributed by atoms with Gasteiger partial charge in [-0.05, 0) is 39.7 Å². The molecule has 0 spiro atoms. The third-order valence-electron chi connectivity index (χ3n) is 2.85. The summed E-state index contributed by atoms with van der Waals surface area (Å²) in [5, 5.41) is 15.1. The zero-order valence-corrected chi connectivity index (χ0v) is 11.2. The maximum absolute atomic E-state index is 11.5. The third-order valence-corrected chi connectivity index (χ3v) is 3.63. The van der Waals surface area contributed by atoms with Gasteiger partial charge in [0.25, 0.3) is 0 Å². The van der Waals surface area contributed by atoms with E-state index in [0.717, 1.165) is 15.6 Å². The minimum Gasteiger partial charge on any atom is -0.249 e. The van der Waals surface area contributed by atoms with E-state index in [-0.39, 0.29) is 5.69 Å². The molecule has 0 fully saturated rings. The number of nitrogens with zero attached hydrogens (tertiary/aromatic N) is 3. The zero-order valence-electron chi connectivity index (χ0n) is 9.59. The highest BCUT2D eigenvalue weighted by atomic mass is 79.9. The van der Waals surface area contributed by atoms with Gasteiger partial charge in [-0.15, -0.1) is 0 Å². The molecule has 0 aliphatic rings. The second kappa shape index (κ2) is 4.37. The van der Waals surface area contributed by atoms with Gasteiger partial charge >= 0.3 is 5.69 Å². The van der Waals surface area contributed by atoms with Crippen molar-refractivity contribution in [1.29, 1.82) is 5.26 Å². The number of nitrogens with one attached hydrogen (secondary N) is 1. The van der Waals surface area contributed by atoms with Crippen molar-refractivity contribution in [2.45, 2.75) is 0 Å². The van der Waals surface area contributed by atoms with Gasteiger partial charge < -0.3 is 0 Å². The Bertz CT molecular complexity index is 855. The molecule has 3 rings (SSSR count). The number of hydrogen-bond donors (Lipinski definition) is 1. The van der Waals surface area contributed by atoms with Crippen LogP contribution in [0.2, 0.25) is 0 Å². The van der Waals surface area contributed by atoms with Crippen LogP contribution in [-0.4, -0.2) is 14.6 Å². The van der Waals surface area contributed by atoms with E-state index < -0.39 is 0 Å². The quantitative estimate of drug-likeness (QED) is 0.749. The van der Waals surface area contributed by atoms with E-state index >= 15 is 0 Å². The molecule has 0 amide bonds. The molecule has 5 nitrogen and oxygen atoms in total. The van der Waals surface area contributed by atoms with Gasteiger partial charge in [0.2, 0.25) is 0 Å². The van der Waals surface area contributed by atoms with Crippen molar-refractivity contribution < 1.29 is 0 Å². The minimum atomic E-state index is -0.276. The topological polar surface area (TPSA) is 73.9 Å². The number of benzene rings is 1. The monoisotopic (exact) mass is 314 g/mol. The van der Waals surface area contributed by atoms with E-state index in [1.807, 2.05) is 18.2 Å². The normalized spacial score (nSPS) is 10.5. The summed E-state index contributed by atoms with van der Waals surface area (Å²) in [5.41, 5.74) is 2.73. The standard InChI is InChI=1S/C13H7BrN4O/c14-11-10(9-3-1-8(7-15)2-4-9)5-6-18-12(11)16-17-13(18)19/h1-6H,(H,17,19). The van der Waals surface area contributed by atoms with Crippen LogP contribution < -0.4 is 5.69 Å². The molecule has 0 aliphatic heterocycles. The van der Waals surface area contributed by atoms with Crippen molar-refractivity contribution in [1.82, 2.24) is 14.6 Å². The highest BCUT2D eigenvalue weighted by Crippen LogP contribution is 2.30. The lowest BCUT2D eigenvalue weighted by Crippen LogP contribution is -2.08. The number of fused-ring (bicyclic) bond motifs is 1. The first kappa shape index (κ1) is 11.7. The SMILES string of the molecule is N#Cc1ccc(-c2ccn3c(=O)[nH]nc3c2Br)cc1. The number of hydrogen-bond acceptors (Lipinski definition) is 3. The summed E-state index contributed by atoms with van der Waals surface area (Å²) < 4.78 is 2.16. The summed E-state index contributed by atoms with van der Waals surface area (Å²) in [4.78, 5) is 11.5. The van der Waals surface area contributed by atoms with Gasteiger partial charge in [-0.25, -0.2) is 14.3 Å². The lowest BCUT2D eigenvalue weighted by atomic mass is 10.1. The molecule has 92 valence electrons. The van der Waals surface area contributed by atoms with Crippen molar-refractivity contribution >= 4 is 21.6 Å². The molecule has 6 heteroatoms. The molecule has 2 heterocycles. The highest BCUT2D eigenvalue weighted by Gasteiger charge is 2.10. The average Bonchev–Trinajstić information content (AvgIpc) is 2.82. The minimum absolute atomic E-state index is 0.276. The Labute approximate surface area is 116 Å². The van der Waals surface area contributed by atoms with Gasteiger partial charge in [-0.2, -0.15) is 10.4 Å². The maximum Gasteiger partial charge on any atom is 0.347 e. The molecule has 1 aromatic carbocycles. The molecule has 0 unspecified atom stereocenters. The molecular formula is C13H7BrN4O. The Hall–Kier alpha value is -2.39. The summed E-state index contributed by atoms with van der Waals surface area (Å²) >= 11 is 3.46. The molecule has 0 radical (unpaired) electrons. The molecule has 3 aromatic rings. The maximum atomic E-state index is 11.5. The summed E-state index contributed by atoms with van der Waals surface area (Å²) in [6.45, 7) is 0. The molecule has 19 heavy (non-hydrogen) atoms. The van der Waals surface area contributed by atoms with Crippen LogP contribution in [0.5, 0.6) is 0 Å². The van der Waals surface area contributed by atoms with Crippen molar-refractivity contribution in [3.05, 3.63) is 57.0 Å². The van der Waals surface area contributed by atoms with Gasteiger partial charge in [0.1, 0.15) is 0 Å². The van der Waals surface area contributed by atoms with Crippen LogP contribution in [0.1, 0.15) is 5.56 Å². The van der Waals surface area contributed by atoms with Crippen LogP contribution in [0.4, 0.5) is 0 Å². The summed E-state index contributed by atoms with van der Waals surface area (Å²) in [6.07, 6.45) is 1.67. The molecular weight excluding hydrogens is 308 g/mol. The number of aromatic nitrogens is 3. The van der Waals surface area contributed by atoms with E-state index in [1.165, 1.54) is 4.40 Å². The summed E-state index contributed by atoms with van der Waals surface area (Å²) in [7, 11) is 0. The number of aromatic amines is 1. The predicted octanol–water partition coefficient (Wildman–Crippen LogP) is 2.32. The van der Waals surface area contributed by atoms with Crippen LogP contribution in [0.15, 0.2) is 45.8 Å². The Balaban J connectivity index is 2.22. The van der Waals surface area contributed by atoms with E-state index in [2.05, 4.69) is 32.2 Å². The Morgan fingerprint density at radius 3 is 2.68 bits per heavy atom. The molecule has 0 saturated heterocycles. The molecule has 1 N–H and O–H groups in total. The van der Waals surface area contributed by atoms with Crippen LogP contribution in [0.3, 0.4) is 0 Å². The number of rotatable bonds is 1. The molecule has 0 saturated carbocycles. The van der Waals surface area contributed by atoms with Crippen molar-refractivity contribution in [2.24, 2.45) is 0 Å². The van der Waals surface area contributed by atoms with E-state index in [4.69, 9.17) is 5.26 Å². The number of H-pyrrole nitrogens is 1.